The van der Waals surface area contributed by atoms with Crippen LogP contribution in [0.4, 0.5) is 4.39 Å². The monoisotopic (exact) mass is 265 g/mol. The molecule has 5 heteroatoms. The van der Waals surface area contributed by atoms with Gasteiger partial charge >= 0.3 is 0 Å². The molecular formula is C14H20FN3O. The third-order valence-electron chi connectivity index (χ3n) is 3.72. The smallest absolute Gasteiger partial charge is 0.254 e. The summed E-state index contributed by atoms with van der Waals surface area (Å²) >= 11 is 0. The molecule has 0 aliphatic heterocycles. The number of carbonyl (C=O) groups excluding carboxylic acids is 1. The zero-order chi connectivity index (χ0) is 13.7. The Morgan fingerprint density at radius 1 is 1.53 bits per heavy atom. The lowest BCUT2D eigenvalue weighted by Gasteiger charge is -2.23. The predicted octanol–water partition coefficient (Wildman–Crippen LogP) is 1.82. The number of hydrogen-bond acceptors (Lipinski definition) is 3. The minimum atomic E-state index is -0.579. The van der Waals surface area contributed by atoms with Crippen molar-refractivity contribution in [3.63, 3.8) is 0 Å². The van der Waals surface area contributed by atoms with Gasteiger partial charge in [0.1, 0.15) is 0 Å². The van der Waals surface area contributed by atoms with Gasteiger partial charge in [-0.25, -0.2) is 4.39 Å². The first kappa shape index (κ1) is 13.9. The van der Waals surface area contributed by atoms with Crippen molar-refractivity contribution in [1.29, 1.82) is 0 Å². The normalized spacial score (nSPS) is 15.9. The van der Waals surface area contributed by atoms with Crippen LogP contribution in [0.5, 0.6) is 0 Å². The second-order valence-electron chi connectivity index (χ2n) is 5.03. The Morgan fingerprint density at radius 2 is 2.26 bits per heavy atom. The molecule has 0 atom stereocenters. The topological polar surface area (TPSA) is 45.2 Å². The number of carbonyl (C=O) groups is 1. The highest BCUT2D eigenvalue weighted by molar-refractivity contribution is 5.94. The lowest BCUT2D eigenvalue weighted by Crippen LogP contribution is -2.37. The molecule has 0 aromatic carbocycles. The summed E-state index contributed by atoms with van der Waals surface area (Å²) in [5.41, 5.74) is 0.0542. The Labute approximate surface area is 113 Å². The summed E-state index contributed by atoms with van der Waals surface area (Å²) in [4.78, 5) is 17.7. The maximum atomic E-state index is 13.3. The van der Waals surface area contributed by atoms with E-state index in [1.165, 1.54) is 37.9 Å². The number of nitrogens with one attached hydrogen (secondary N) is 1. The number of nitrogens with zero attached hydrogens (tertiary/aromatic N) is 2. The van der Waals surface area contributed by atoms with E-state index in [2.05, 4.69) is 22.2 Å². The van der Waals surface area contributed by atoms with E-state index in [1.807, 2.05) is 0 Å². The molecule has 104 valence electrons. The molecule has 1 aliphatic rings. The molecule has 1 aromatic heterocycles. The van der Waals surface area contributed by atoms with E-state index in [0.29, 0.717) is 12.6 Å². The van der Waals surface area contributed by atoms with Crippen LogP contribution in [0.1, 0.15) is 36.0 Å². The molecule has 1 N–H and O–H groups in total. The molecule has 4 nitrogen and oxygen atoms in total. The average Bonchev–Trinajstić information content (AvgIpc) is 2.93. The summed E-state index contributed by atoms with van der Waals surface area (Å²) in [6.07, 6.45) is 7.54. The molecule has 19 heavy (non-hydrogen) atoms. The fourth-order valence-electron chi connectivity index (χ4n) is 2.53. The summed E-state index contributed by atoms with van der Waals surface area (Å²) in [7, 11) is 2.08. The van der Waals surface area contributed by atoms with Crippen LogP contribution in [0.3, 0.4) is 0 Å². The van der Waals surface area contributed by atoms with Gasteiger partial charge in [-0.05, 0) is 26.0 Å². The number of hydrogen-bond donors (Lipinski definition) is 1. The summed E-state index contributed by atoms with van der Waals surface area (Å²) in [6, 6.07) is 2.03. The van der Waals surface area contributed by atoms with Crippen molar-refractivity contribution in [2.45, 2.75) is 31.7 Å². The molecule has 0 saturated heterocycles. The molecule has 1 aromatic rings. The van der Waals surface area contributed by atoms with Gasteiger partial charge in [0.05, 0.1) is 11.8 Å². The Kier molecular flexibility index (Phi) is 4.85. The predicted molar refractivity (Wildman–Crippen MR) is 71.4 cm³/mol. The fourth-order valence-corrected chi connectivity index (χ4v) is 2.53. The van der Waals surface area contributed by atoms with Crippen LogP contribution in [0.2, 0.25) is 0 Å². The summed E-state index contributed by atoms with van der Waals surface area (Å²) in [5, 5.41) is 2.75. The van der Waals surface area contributed by atoms with E-state index in [4.69, 9.17) is 0 Å². The van der Waals surface area contributed by atoms with Crippen molar-refractivity contribution in [2.75, 3.05) is 20.1 Å². The van der Waals surface area contributed by atoms with Crippen LogP contribution in [0.25, 0.3) is 0 Å². The molecule has 2 rings (SSSR count). The molecule has 1 saturated carbocycles. The van der Waals surface area contributed by atoms with Gasteiger partial charge in [0, 0.05) is 25.3 Å². The molecule has 0 bridgehead atoms. The molecule has 1 heterocycles. The van der Waals surface area contributed by atoms with Crippen LogP contribution in [0, 0.1) is 5.82 Å². The van der Waals surface area contributed by atoms with Crippen LogP contribution in [0.15, 0.2) is 18.5 Å². The Balaban J connectivity index is 1.76. The van der Waals surface area contributed by atoms with Gasteiger partial charge in [0.25, 0.3) is 5.91 Å². The second kappa shape index (κ2) is 6.61. The highest BCUT2D eigenvalue weighted by atomic mass is 19.1. The van der Waals surface area contributed by atoms with Crippen molar-refractivity contribution < 1.29 is 9.18 Å². The summed E-state index contributed by atoms with van der Waals surface area (Å²) in [6.45, 7) is 1.33. The first-order valence-corrected chi connectivity index (χ1v) is 6.76. The van der Waals surface area contributed by atoms with E-state index in [1.54, 1.807) is 0 Å². The number of likely N-dealkylation sites (N-methyl/N-ethyl adjacent to an activating group) is 1. The van der Waals surface area contributed by atoms with Gasteiger partial charge in [0.15, 0.2) is 5.82 Å². The molecule has 0 radical (unpaired) electrons. The minimum absolute atomic E-state index is 0.0542. The van der Waals surface area contributed by atoms with Gasteiger partial charge in [-0.1, -0.05) is 12.8 Å². The zero-order valence-corrected chi connectivity index (χ0v) is 11.2. The first-order valence-electron chi connectivity index (χ1n) is 6.76. The van der Waals surface area contributed by atoms with Crippen molar-refractivity contribution in [3.8, 4) is 0 Å². The van der Waals surface area contributed by atoms with Crippen LogP contribution >= 0.6 is 0 Å². The number of aromatic nitrogens is 1. The van der Waals surface area contributed by atoms with E-state index < -0.39 is 5.82 Å². The summed E-state index contributed by atoms with van der Waals surface area (Å²) < 4.78 is 13.3. The van der Waals surface area contributed by atoms with Crippen molar-refractivity contribution in [1.82, 2.24) is 15.2 Å². The number of halogens is 1. The highest BCUT2D eigenvalue weighted by Crippen LogP contribution is 2.21. The van der Waals surface area contributed by atoms with E-state index in [9.17, 15) is 9.18 Å². The largest absolute Gasteiger partial charge is 0.351 e. The molecule has 1 fully saturated rings. The minimum Gasteiger partial charge on any atom is -0.351 e. The maximum absolute atomic E-state index is 13.3. The lowest BCUT2D eigenvalue weighted by molar-refractivity contribution is 0.0943. The van der Waals surface area contributed by atoms with Crippen LogP contribution in [-0.2, 0) is 0 Å². The lowest BCUT2D eigenvalue weighted by atomic mass is 10.2. The maximum Gasteiger partial charge on any atom is 0.254 e. The summed E-state index contributed by atoms with van der Waals surface area (Å²) in [5.74, 6) is -0.955. The zero-order valence-electron chi connectivity index (χ0n) is 11.2. The quantitative estimate of drug-likeness (QED) is 0.883. The van der Waals surface area contributed by atoms with Crippen molar-refractivity contribution in [2.24, 2.45) is 0 Å². The van der Waals surface area contributed by atoms with E-state index in [-0.39, 0.29) is 11.5 Å². The standard InChI is InChI=1S/C14H20FN3O/c1-18(11-4-2-3-5-11)9-8-17-14(19)12-6-7-16-10-13(12)15/h6-7,10-11H,2-5,8-9H2,1H3,(H,17,19). The van der Waals surface area contributed by atoms with Crippen LogP contribution < -0.4 is 5.32 Å². The molecule has 0 unspecified atom stereocenters. The van der Waals surface area contributed by atoms with Crippen molar-refractivity contribution >= 4 is 5.91 Å². The molecular weight excluding hydrogens is 245 g/mol. The van der Waals surface area contributed by atoms with Crippen LogP contribution in [-0.4, -0.2) is 42.0 Å². The number of pyridine rings is 1. The highest BCUT2D eigenvalue weighted by Gasteiger charge is 2.19. The molecule has 1 amide bonds. The SMILES string of the molecule is CN(CCNC(=O)c1ccncc1F)C1CCCC1. The third-order valence-corrected chi connectivity index (χ3v) is 3.72. The molecule has 1 aliphatic carbocycles. The van der Waals surface area contributed by atoms with Gasteiger partial charge in [0.2, 0.25) is 0 Å². The van der Waals surface area contributed by atoms with Gasteiger partial charge in [-0.15, -0.1) is 0 Å². The van der Waals surface area contributed by atoms with Gasteiger partial charge < -0.3 is 10.2 Å². The van der Waals surface area contributed by atoms with Gasteiger partial charge in [-0.3, -0.25) is 9.78 Å². The second-order valence-corrected chi connectivity index (χ2v) is 5.03. The Hall–Kier alpha value is -1.49. The first-order chi connectivity index (χ1) is 9.18. The van der Waals surface area contributed by atoms with Crippen molar-refractivity contribution in [3.05, 3.63) is 29.8 Å². The Bertz CT molecular complexity index is 432. The van der Waals surface area contributed by atoms with E-state index in [0.717, 1.165) is 12.7 Å². The average molecular weight is 265 g/mol. The van der Waals surface area contributed by atoms with E-state index >= 15 is 0 Å². The number of rotatable bonds is 5. The molecule has 0 spiro atoms. The Morgan fingerprint density at radius 3 is 2.95 bits per heavy atom. The van der Waals surface area contributed by atoms with Gasteiger partial charge in [-0.2, -0.15) is 0 Å². The fraction of sp³-hybridized carbons (Fsp3) is 0.571. The third kappa shape index (κ3) is 3.73. The number of amides is 1.